The monoisotopic (exact) mass is 565 g/mol. The number of aromatic nitrogens is 1. The first kappa shape index (κ1) is 27.1. The Kier molecular flexibility index (Phi) is 7.10. The van der Waals surface area contributed by atoms with E-state index in [1.165, 1.54) is 19.1 Å². The van der Waals surface area contributed by atoms with Crippen LogP contribution in [0.2, 0.25) is 5.02 Å². The summed E-state index contributed by atoms with van der Waals surface area (Å²) in [6, 6.07) is 2.13. The number of benzene rings is 1. The zero-order valence-electron chi connectivity index (χ0n) is 21.2. The van der Waals surface area contributed by atoms with Gasteiger partial charge in [0.25, 0.3) is 5.91 Å². The molecule has 0 saturated carbocycles. The fourth-order valence-corrected chi connectivity index (χ4v) is 5.65. The van der Waals surface area contributed by atoms with Gasteiger partial charge in [-0.15, -0.1) is 0 Å². The van der Waals surface area contributed by atoms with Crippen molar-refractivity contribution in [2.24, 2.45) is 0 Å². The number of piperazine rings is 1. The van der Waals surface area contributed by atoms with E-state index in [1.807, 2.05) is 4.90 Å². The van der Waals surface area contributed by atoms with E-state index in [4.69, 9.17) is 26.8 Å². The van der Waals surface area contributed by atoms with Gasteiger partial charge in [-0.2, -0.15) is 13.2 Å². The van der Waals surface area contributed by atoms with E-state index in [9.17, 15) is 22.8 Å². The van der Waals surface area contributed by atoms with E-state index < -0.39 is 23.5 Å². The number of hydrogen-bond acceptors (Lipinski definition) is 7. The SMILES string of the molecule is C=CC(=O)N1CCN2C(=O)c3c(N4CCOCC4)cc(-c4nc(N)cc(C)c4C(F)(F)F)c(Cl)c3OCC2C1. The van der Waals surface area contributed by atoms with Crippen LogP contribution in [0.15, 0.2) is 24.8 Å². The zero-order chi connectivity index (χ0) is 28.1. The van der Waals surface area contributed by atoms with Gasteiger partial charge in [0.1, 0.15) is 18.0 Å². The second kappa shape index (κ2) is 10.2. The Labute approximate surface area is 227 Å². The number of nitrogens with zero attached hydrogens (tertiary/aromatic N) is 4. The number of fused-ring (bicyclic) bond motifs is 2. The number of aryl methyl sites for hydroxylation is 1. The van der Waals surface area contributed by atoms with Gasteiger partial charge in [0.2, 0.25) is 5.91 Å². The average molecular weight is 566 g/mol. The van der Waals surface area contributed by atoms with Crippen molar-refractivity contribution in [1.29, 1.82) is 0 Å². The van der Waals surface area contributed by atoms with Crippen LogP contribution >= 0.6 is 11.6 Å². The maximum absolute atomic E-state index is 14.2. The number of alkyl halides is 3. The van der Waals surface area contributed by atoms with E-state index in [0.29, 0.717) is 38.5 Å². The molecule has 2 aromatic rings. The molecule has 0 bridgehead atoms. The van der Waals surface area contributed by atoms with Crippen LogP contribution in [0.1, 0.15) is 21.5 Å². The number of anilines is 2. The molecule has 0 spiro atoms. The van der Waals surface area contributed by atoms with Gasteiger partial charge in [-0.25, -0.2) is 4.98 Å². The summed E-state index contributed by atoms with van der Waals surface area (Å²) < 4.78 is 54.3. The van der Waals surface area contributed by atoms with Crippen molar-refractivity contribution in [3.63, 3.8) is 0 Å². The smallest absolute Gasteiger partial charge is 0.418 e. The van der Waals surface area contributed by atoms with E-state index in [0.717, 1.165) is 6.07 Å². The molecule has 2 fully saturated rings. The zero-order valence-corrected chi connectivity index (χ0v) is 21.9. The molecule has 5 rings (SSSR count). The Morgan fingerprint density at radius 2 is 1.95 bits per heavy atom. The Morgan fingerprint density at radius 1 is 1.23 bits per heavy atom. The Bertz CT molecular complexity index is 1350. The number of hydrogen-bond donors (Lipinski definition) is 1. The number of carbonyl (C=O) groups excluding carboxylic acids is 2. The molecule has 208 valence electrons. The molecule has 2 amide bonds. The molecule has 4 heterocycles. The predicted octanol–water partition coefficient (Wildman–Crippen LogP) is 3.38. The number of halogens is 4. The summed E-state index contributed by atoms with van der Waals surface area (Å²) in [5.41, 5.74) is 4.84. The van der Waals surface area contributed by atoms with Crippen molar-refractivity contribution in [2.45, 2.75) is 19.1 Å². The molecule has 0 radical (unpaired) electrons. The van der Waals surface area contributed by atoms with E-state index in [1.54, 1.807) is 9.80 Å². The highest BCUT2D eigenvalue weighted by Crippen LogP contribution is 2.48. The summed E-state index contributed by atoms with van der Waals surface area (Å²) in [7, 11) is 0. The first-order valence-corrected chi connectivity index (χ1v) is 12.8. The molecule has 2 N–H and O–H groups in total. The lowest BCUT2D eigenvalue weighted by Crippen LogP contribution is -2.57. The maximum Gasteiger partial charge on any atom is 0.418 e. The van der Waals surface area contributed by atoms with Crippen LogP contribution in [0.5, 0.6) is 5.75 Å². The number of amides is 2. The van der Waals surface area contributed by atoms with Gasteiger partial charge in [0.05, 0.1) is 41.2 Å². The van der Waals surface area contributed by atoms with Crippen molar-refractivity contribution < 1.29 is 32.2 Å². The van der Waals surface area contributed by atoms with Gasteiger partial charge >= 0.3 is 6.18 Å². The van der Waals surface area contributed by atoms with Crippen molar-refractivity contribution >= 4 is 34.9 Å². The first-order valence-electron chi connectivity index (χ1n) is 12.4. The largest absolute Gasteiger partial charge is 0.489 e. The standard InChI is InChI=1S/C26H27ClF3N5O4/c1-3-19(36)34-4-5-35-15(12-34)13-39-24-20(25(35)37)17(33-6-8-38-9-7-33)11-16(22(24)27)23-21(26(28,29)30)14(2)10-18(31)32-23/h3,10-11,15H,1,4-9,12-13H2,2H3,(H2,31,32). The van der Waals surface area contributed by atoms with Gasteiger partial charge < -0.3 is 29.9 Å². The fourth-order valence-electron chi connectivity index (χ4n) is 5.36. The quantitative estimate of drug-likeness (QED) is 0.569. The highest BCUT2D eigenvalue weighted by Gasteiger charge is 2.42. The minimum Gasteiger partial charge on any atom is -0.489 e. The van der Waals surface area contributed by atoms with Crippen LogP contribution in [-0.4, -0.2) is 85.2 Å². The van der Waals surface area contributed by atoms with Crippen LogP contribution in [-0.2, 0) is 15.7 Å². The number of morpholine rings is 1. The van der Waals surface area contributed by atoms with Crippen LogP contribution in [0, 0.1) is 6.92 Å². The lowest BCUT2D eigenvalue weighted by molar-refractivity contribution is -0.137. The molecule has 2 saturated heterocycles. The average Bonchev–Trinajstić information content (AvgIpc) is 3.04. The molecule has 3 aliphatic rings. The van der Waals surface area contributed by atoms with Crippen LogP contribution < -0.4 is 15.4 Å². The number of nitrogens with two attached hydrogens (primary N) is 1. The Hall–Kier alpha value is -3.51. The van der Waals surface area contributed by atoms with Crippen molar-refractivity contribution in [2.75, 3.05) is 63.2 Å². The second-order valence-corrected chi connectivity index (χ2v) is 9.98. The number of pyridine rings is 1. The normalized spacial score (nSPS) is 19.7. The number of rotatable bonds is 3. The predicted molar refractivity (Wildman–Crippen MR) is 139 cm³/mol. The molecule has 13 heteroatoms. The van der Waals surface area contributed by atoms with Gasteiger partial charge in [-0.1, -0.05) is 18.2 Å². The molecule has 1 atom stereocenters. The van der Waals surface area contributed by atoms with Gasteiger partial charge in [0, 0.05) is 38.3 Å². The lowest BCUT2D eigenvalue weighted by Gasteiger charge is -2.40. The van der Waals surface area contributed by atoms with E-state index in [-0.39, 0.29) is 64.8 Å². The molecular weight excluding hydrogens is 539 g/mol. The molecule has 39 heavy (non-hydrogen) atoms. The van der Waals surface area contributed by atoms with Crippen LogP contribution in [0.25, 0.3) is 11.3 Å². The summed E-state index contributed by atoms with van der Waals surface area (Å²) in [6.07, 6.45) is -3.53. The summed E-state index contributed by atoms with van der Waals surface area (Å²) in [5, 5.41) is -0.169. The molecule has 1 unspecified atom stereocenters. The Balaban J connectivity index is 1.70. The van der Waals surface area contributed by atoms with Crippen molar-refractivity contribution in [3.05, 3.63) is 46.5 Å². The third kappa shape index (κ3) is 4.87. The molecule has 1 aromatic heterocycles. The minimum atomic E-state index is -4.74. The third-order valence-corrected chi connectivity index (χ3v) is 7.57. The number of ether oxygens (including phenoxy) is 2. The lowest BCUT2D eigenvalue weighted by atomic mass is 9.97. The molecule has 9 nitrogen and oxygen atoms in total. The third-order valence-electron chi connectivity index (χ3n) is 7.19. The van der Waals surface area contributed by atoms with Crippen LogP contribution in [0.3, 0.4) is 0 Å². The highest BCUT2D eigenvalue weighted by molar-refractivity contribution is 6.36. The van der Waals surface area contributed by atoms with Gasteiger partial charge in [-0.3, -0.25) is 9.59 Å². The molecular formula is C26H27ClF3N5O4. The van der Waals surface area contributed by atoms with E-state index in [2.05, 4.69) is 11.6 Å². The fraction of sp³-hybridized carbons (Fsp3) is 0.423. The topological polar surface area (TPSA) is 101 Å². The summed E-state index contributed by atoms with van der Waals surface area (Å²) in [5.74, 6) is -0.760. The van der Waals surface area contributed by atoms with Gasteiger partial charge in [0.15, 0.2) is 5.75 Å². The van der Waals surface area contributed by atoms with Crippen LogP contribution in [0.4, 0.5) is 24.7 Å². The molecule has 3 aliphatic heterocycles. The number of nitrogen functional groups attached to an aromatic ring is 1. The number of carbonyl (C=O) groups is 2. The van der Waals surface area contributed by atoms with Gasteiger partial charge in [-0.05, 0) is 30.7 Å². The summed E-state index contributed by atoms with van der Waals surface area (Å²) in [4.78, 5) is 35.3. The van der Waals surface area contributed by atoms with Crippen molar-refractivity contribution in [3.8, 4) is 17.0 Å². The van der Waals surface area contributed by atoms with E-state index >= 15 is 0 Å². The Morgan fingerprint density at radius 3 is 2.62 bits per heavy atom. The maximum atomic E-state index is 14.2. The first-order chi connectivity index (χ1) is 18.5. The highest BCUT2D eigenvalue weighted by atomic mass is 35.5. The van der Waals surface area contributed by atoms with Crippen molar-refractivity contribution in [1.82, 2.24) is 14.8 Å². The summed E-state index contributed by atoms with van der Waals surface area (Å²) >= 11 is 6.77. The summed E-state index contributed by atoms with van der Waals surface area (Å²) in [6.45, 7) is 7.15. The molecule has 1 aromatic carbocycles. The minimum absolute atomic E-state index is 0.0130. The second-order valence-electron chi connectivity index (χ2n) is 9.60. The molecule has 0 aliphatic carbocycles.